The number of carbonyl (C=O) groups is 1. The van der Waals surface area contributed by atoms with Crippen molar-refractivity contribution >= 4 is 43.7 Å². The fraction of sp³-hybridized carbons (Fsp3) is 0. The molecule has 1 heterocycles. The van der Waals surface area contributed by atoms with Gasteiger partial charge in [-0.05, 0) is 60.1 Å². The summed E-state index contributed by atoms with van der Waals surface area (Å²) in [4.78, 5) is 16.2. The van der Waals surface area contributed by atoms with Gasteiger partial charge < -0.3 is 0 Å². The molecule has 0 saturated carbocycles. The highest BCUT2D eigenvalue weighted by Crippen LogP contribution is 2.28. The lowest BCUT2D eigenvalue weighted by atomic mass is 10.0. The average molecular weight is 365 g/mol. The zero-order valence-electron chi connectivity index (χ0n) is 10.6. The van der Waals surface area contributed by atoms with Crippen molar-refractivity contribution in [1.82, 2.24) is 4.98 Å². The van der Waals surface area contributed by atoms with Crippen molar-refractivity contribution in [2.24, 2.45) is 0 Å². The SMILES string of the molecule is O=C(Cl)c1cc(-c2ccc(F)cc2)nc2ccc(Br)cc12. The van der Waals surface area contributed by atoms with Crippen LogP contribution in [0.15, 0.2) is 53.0 Å². The van der Waals surface area contributed by atoms with E-state index in [1.807, 2.05) is 6.07 Å². The van der Waals surface area contributed by atoms with Crippen LogP contribution in [-0.2, 0) is 0 Å². The van der Waals surface area contributed by atoms with Gasteiger partial charge in [-0.1, -0.05) is 15.9 Å². The van der Waals surface area contributed by atoms with Crippen LogP contribution in [0.2, 0.25) is 0 Å². The topological polar surface area (TPSA) is 30.0 Å². The Morgan fingerprint density at radius 1 is 1.10 bits per heavy atom. The molecule has 0 amide bonds. The first-order chi connectivity index (χ1) is 10.0. The molecule has 0 N–H and O–H groups in total. The normalized spacial score (nSPS) is 10.8. The lowest BCUT2D eigenvalue weighted by Crippen LogP contribution is -1.96. The van der Waals surface area contributed by atoms with Crippen LogP contribution in [0.3, 0.4) is 0 Å². The second kappa shape index (κ2) is 5.54. The van der Waals surface area contributed by atoms with Gasteiger partial charge in [-0.3, -0.25) is 4.79 Å². The molecule has 0 fully saturated rings. The highest BCUT2D eigenvalue weighted by molar-refractivity contribution is 9.10. The largest absolute Gasteiger partial charge is 0.276 e. The van der Waals surface area contributed by atoms with Crippen LogP contribution in [0.4, 0.5) is 4.39 Å². The molecular formula is C16H8BrClFNO. The average Bonchev–Trinajstić information content (AvgIpc) is 2.46. The number of pyridine rings is 1. The van der Waals surface area contributed by atoms with E-state index in [2.05, 4.69) is 20.9 Å². The second-order valence-electron chi connectivity index (χ2n) is 4.50. The lowest BCUT2D eigenvalue weighted by molar-refractivity contribution is 0.108. The van der Waals surface area contributed by atoms with Gasteiger partial charge in [0.1, 0.15) is 5.82 Å². The molecule has 0 aliphatic heterocycles. The summed E-state index contributed by atoms with van der Waals surface area (Å²) in [5.74, 6) is -0.322. The third-order valence-corrected chi connectivity index (χ3v) is 3.82. The van der Waals surface area contributed by atoms with Crippen LogP contribution in [0.25, 0.3) is 22.2 Å². The van der Waals surface area contributed by atoms with Crippen molar-refractivity contribution in [1.29, 1.82) is 0 Å². The lowest BCUT2D eigenvalue weighted by Gasteiger charge is -2.07. The van der Waals surface area contributed by atoms with Gasteiger partial charge in [0.05, 0.1) is 11.2 Å². The van der Waals surface area contributed by atoms with Crippen molar-refractivity contribution in [2.45, 2.75) is 0 Å². The minimum Gasteiger partial charge on any atom is -0.276 e. The molecule has 0 atom stereocenters. The van der Waals surface area contributed by atoms with E-state index in [0.717, 1.165) is 10.0 Å². The summed E-state index contributed by atoms with van der Waals surface area (Å²) in [7, 11) is 0. The third-order valence-electron chi connectivity index (χ3n) is 3.12. The summed E-state index contributed by atoms with van der Waals surface area (Å²) >= 11 is 9.04. The van der Waals surface area contributed by atoms with Gasteiger partial charge in [0, 0.05) is 21.0 Å². The molecule has 3 rings (SSSR count). The Morgan fingerprint density at radius 2 is 1.81 bits per heavy atom. The zero-order chi connectivity index (χ0) is 15.0. The summed E-state index contributed by atoms with van der Waals surface area (Å²) < 4.78 is 13.8. The predicted molar refractivity (Wildman–Crippen MR) is 85.0 cm³/mol. The Hall–Kier alpha value is -1.78. The minimum atomic E-state index is -0.552. The number of hydrogen-bond acceptors (Lipinski definition) is 2. The molecule has 3 aromatic rings. The van der Waals surface area contributed by atoms with Crippen LogP contribution in [0.5, 0.6) is 0 Å². The predicted octanol–water partition coefficient (Wildman–Crippen LogP) is 5.18. The highest BCUT2D eigenvalue weighted by Gasteiger charge is 2.12. The Balaban J connectivity index is 2.28. The molecule has 2 aromatic carbocycles. The Kier molecular flexibility index (Phi) is 3.74. The summed E-state index contributed by atoms with van der Waals surface area (Å²) in [5, 5.41) is 0.124. The van der Waals surface area contributed by atoms with E-state index in [-0.39, 0.29) is 5.82 Å². The van der Waals surface area contributed by atoms with Gasteiger partial charge in [-0.15, -0.1) is 0 Å². The van der Waals surface area contributed by atoms with Gasteiger partial charge in [0.2, 0.25) is 0 Å². The summed E-state index contributed by atoms with van der Waals surface area (Å²) in [6, 6.07) is 13.0. The molecule has 0 bridgehead atoms. The fourth-order valence-corrected chi connectivity index (χ4v) is 2.65. The molecule has 104 valence electrons. The van der Waals surface area contributed by atoms with Crippen LogP contribution < -0.4 is 0 Å². The molecule has 5 heteroatoms. The molecular weight excluding hydrogens is 357 g/mol. The maximum absolute atomic E-state index is 13.0. The van der Waals surface area contributed by atoms with Crippen molar-refractivity contribution < 1.29 is 9.18 Å². The molecule has 0 radical (unpaired) electrons. The zero-order valence-corrected chi connectivity index (χ0v) is 13.0. The summed E-state index contributed by atoms with van der Waals surface area (Å²) in [6.45, 7) is 0. The molecule has 21 heavy (non-hydrogen) atoms. The third kappa shape index (κ3) is 2.82. The van der Waals surface area contributed by atoms with Gasteiger partial charge in [0.25, 0.3) is 5.24 Å². The summed E-state index contributed by atoms with van der Waals surface area (Å²) in [5.41, 5.74) is 2.33. The quantitative estimate of drug-likeness (QED) is 0.586. The van der Waals surface area contributed by atoms with Crippen LogP contribution in [0, 0.1) is 5.82 Å². The van der Waals surface area contributed by atoms with Gasteiger partial charge in [0.15, 0.2) is 0 Å². The standard InChI is InChI=1S/C16H8BrClFNO/c17-10-3-6-14-12(7-10)13(16(18)21)8-15(20-14)9-1-4-11(19)5-2-9/h1-8H. The number of benzene rings is 2. The van der Waals surface area contributed by atoms with Crippen molar-refractivity contribution in [3.63, 3.8) is 0 Å². The molecule has 2 nitrogen and oxygen atoms in total. The van der Waals surface area contributed by atoms with Crippen LogP contribution in [-0.4, -0.2) is 10.2 Å². The Bertz CT molecular complexity index is 849. The van der Waals surface area contributed by atoms with Gasteiger partial charge in [-0.25, -0.2) is 9.37 Å². The molecule has 0 spiro atoms. The number of aromatic nitrogens is 1. The number of carbonyl (C=O) groups excluding carboxylic acids is 1. The Labute approximate surface area is 133 Å². The van der Waals surface area contributed by atoms with E-state index in [0.29, 0.717) is 22.2 Å². The monoisotopic (exact) mass is 363 g/mol. The van der Waals surface area contributed by atoms with Crippen LogP contribution >= 0.6 is 27.5 Å². The van der Waals surface area contributed by atoms with Gasteiger partial charge in [-0.2, -0.15) is 0 Å². The van der Waals surface area contributed by atoms with E-state index in [1.54, 1.807) is 30.3 Å². The van der Waals surface area contributed by atoms with E-state index in [1.165, 1.54) is 12.1 Å². The number of nitrogens with zero attached hydrogens (tertiary/aromatic N) is 1. The number of fused-ring (bicyclic) bond motifs is 1. The second-order valence-corrected chi connectivity index (χ2v) is 5.76. The molecule has 0 saturated heterocycles. The van der Waals surface area contributed by atoms with E-state index < -0.39 is 5.24 Å². The smallest absolute Gasteiger partial charge is 0.253 e. The van der Waals surface area contributed by atoms with Crippen molar-refractivity contribution in [3.05, 3.63) is 64.4 Å². The van der Waals surface area contributed by atoms with E-state index in [4.69, 9.17) is 11.6 Å². The maximum atomic E-state index is 13.0. The maximum Gasteiger partial charge on any atom is 0.253 e. The van der Waals surface area contributed by atoms with Gasteiger partial charge >= 0.3 is 0 Å². The minimum absolute atomic E-state index is 0.322. The Morgan fingerprint density at radius 3 is 2.48 bits per heavy atom. The summed E-state index contributed by atoms with van der Waals surface area (Å²) in [6.07, 6.45) is 0. The molecule has 1 aromatic heterocycles. The van der Waals surface area contributed by atoms with E-state index >= 15 is 0 Å². The van der Waals surface area contributed by atoms with E-state index in [9.17, 15) is 9.18 Å². The highest BCUT2D eigenvalue weighted by atomic mass is 79.9. The number of hydrogen-bond donors (Lipinski definition) is 0. The first kappa shape index (κ1) is 14.2. The molecule has 0 aliphatic rings. The molecule has 0 unspecified atom stereocenters. The number of rotatable bonds is 2. The molecule has 0 aliphatic carbocycles. The van der Waals surface area contributed by atoms with Crippen molar-refractivity contribution in [2.75, 3.05) is 0 Å². The first-order valence-electron chi connectivity index (χ1n) is 6.11. The first-order valence-corrected chi connectivity index (χ1v) is 7.28. The van der Waals surface area contributed by atoms with Crippen molar-refractivity contribution in [3.8, 4) is 11.3 Å². The number of halogens is 3. The van der Waals surface area contributed by atoms with Crippen LogP contribution in [0.1, 0.15) is 10.4 Å². The fourth-order valence-electron chi connectivity index (χ4n) is 2.13.